The number of nitriles is 1. The topological polar surface area (TPSA) is 60.2 Å². The van der Waals surface area contributed by atoms with Crippen LogP contribution in [0.5, 0.6) is 0 Å². The molecule has 4 heteroatoms. The van der Waals surface area contributed by atoms with E-state index in [9.17, 15) is 5.11 Å². The highest BCUT2D eigenvalue weighted by Gasteiger charge is 2.23. The lowest BCUT2D eigenvalue weighted by molar-refractivity contribution is 0.185. The zero-order chi connectivity index (χ0) is 9.97. The van der Waals surface area contributed by atoms with Crippen molar-refractivity contribution < 1.29 is 5.11 Å². The molecule has 2 rings (SSSR count). The quantitative estimate of drug-likeness (QED) is 0.712. The molecule has 72 valence electrons. The molecule has 1 atom stereocenters. The molecule has 1 fully saturated rings. The van der Waals surface area contributed by atoms with Gasteiger partial charge in [0, 0.05) is 12.7 Å². The van der Waals surface area contributed by atoms with Gasteiger partial charge in [-0.2, -0.15) is 5.26 Å². The maximum absolute atomic E-state index is 9.61. The van der Waals surface area contributed by atoms with Crippen LogP contribution in [0.15, 0.2) is 18.3 Å². The van der Waals surface area contributed by atoms with E-state index in [4.69, 9.17) is 5.26 Å². The summed E-state index contributed by atoms with van der Waals surface area (Å²) in [6.07, 6.45) is 2.90. The average molecular weight is 189 g/mol. The predicted octanol–water partition coefficient (Wildman–Crippen LogP) is 0.872. The second-order valence-electron chi connectivity index (χ2n) is 3.33. The van der Waals surface area contributed by atoms with Crippen molar-refractivity contribution in [3.05, 3.63) is 23.9 Å². The van der Waals surface area contributed by atoms with Crippen molar-refractivity contribution in [3.63, 3.8) is 0 Å². The number of rotatable bonds is 1. The Bertz CT molecular complexity index is 372. The lowest BCUT2D eigenvalue weighted by Crippen LogP contribution is -2.29. The van der Waals surface area contributed by atoms with Gasteiger partial charge in [-0.1, -0.05) is 0 Å². The Balaban J connectivity index is 2.28. The zero-order valence-corrected chi connectivity index (χ0v) is 7.72. The summed E-state index contributed by atoms with van der Waals surface area (Å²) in [7, 11) is 0. The van der Waals surface area contributed by atoms with E-state index in [1.54, 1.807) is 18.3 Å². The molecule has 4 nitrogen and oxygen atoms in total. The normalized spacial score (nSPS) is 20.9. The highest BCUT2D eigenvalue weighted by molar-refractivity contribution is 5.45. The first-order chi connectivity index (χ1) is 6.81. The van der Waals surface area contributed by atoms with E-state index in [2.05, 4.69) is 11.1 Å². The number of anilines is 1. The van der Waals surface area contributed by atoms with Gasteiger partial charge in [0.15, 0.2) is 0 Å². The third-order valence-corrected chi connectivity index (χ3v) is 2.39. The number of hydrogen-bond donors (Lipinski definition) is 1. The van der Waals surface area contributed by atoms with E-state index in [0.717, 1.165) is 19.4 Å². The number of hydrogen-bond acceptors (Lipinski definition) is 4. The van der Waals surface area contributed by atoms with Crippen LogP contribution in [0.3, 0.4) is 0 Å². The van der Waals surface area contributed by atoms with Crippen molar-refractivity contribution in [3.8, 4) is 6.07 Å². The summed E-state index contributed by atoms with van der Waals surface area (Å²) < 4.78 is 0. The molecule has 14 heavy (non-hydrogen) atoms. The van der Waals surface area contributed by atoms with Gasteiger partial charge >= 0.3 is 0 Å². The first-order valence-electron chi connectivity index (χ1n) is 4.62. The average Bonchev–Trinajstić information content (AvgIpc) is 2.65. The van der Waals surface area contributed by atoms with Crippen molar-refractivity contribution in [2.45, 2.75) is 19.1 Å². The van der Waals surface area contributed by atoms with Gasteiger partial charge in [0.25, 0.3) is 0 Å². The molecule has 0 aromatic carbocycles. The van der Waals surface area contributed by atoms with Crippen LogP contribution in [0.1, 0.15) is 18.4 Å². The Morgan fingerprint density at radius 1 is 1.64 bits per heavy atom. The van der Waals surface area contributed by atoms with E-state index >= 15 is 0 Å². The molecule has 1 saturated heterocycles. The summed E-state index contributed by atoms with van der Waals surface area (Å²) in [5, 5.41) is 18.3. The zero-order valence-electron chi connectivity index (χ0n) is 7.72. The SMILES string of the molecule is N#Cc1ccnc(N2CCCC2O)c1. The van der Waals surface area contributed by atoms with E-state index < -0.39 is 6.23 Å². The Morgan fingerprint density at radius 3 is 3.14 bits per heavy atom. The van der Waals surface area contributed by atoms with Crippen LogP contribution < -0.4 is 4.90 Å². The molecule has 0 aliphatic carbocycles. The Labute approximate surface area is 82.4 Å². The molecule has 0 bridgehead atoms. The fourth-order valence-corrected chi connectivity index (χ4v) is 1.66. The van der Waals surface area contributed by atoms with Gasteiger partial charge in [-0.05, 0) is 25.0 Å². The molecular formula is C10H11N3O. The molecule has 1 aromatic rings. The van der Waals surface area contributed by atoms with E-state index in [0.29, 0.717) is 11.4 Å². The van der Waals surface area contributed by atoms with Gasteiger partial charge in [-0.15, -0.1) is 0 Å². The summed E-state index contributed by atoms with van der Waals surface area (Å²) in [6, 6.07) is 5.42. The highest BCUT2D eigenvalue weighted by atomic mass is 16.3. The Morgan fingerprint density at radius 2 is 2.50 bits per heavy atom. The van der Waals surface area contributed by atoms with Crippen molar-refractivity contribution in [2.75, 3.05) is 11.4 Å². The molecule has 1 N–H and O–H groups in total. The number of aromatic nitrogens is 1. The van der Waals surface area contributed by atoms with Crippen LogP contribution in [0.25, 0.3) is 0 Å². The number of aliphatic hydroxyl groups is 1. The summed E-state index contributed by atoms with van der Waals surface area (Å²) in [6.45, 7) is 0.809. The fourth-order valence-electron chi connectivity index (χ4n) is 1.66. The lowest BCUT2D eigenvalue weighted by atomic mass is 10.3. The molecule has 1 unspecified atom stereocenters. The van der Waals surface area contributed by atoms with Crippen LogP contribution in [0, 0.1) is 11.3 Å². The molecule has 2 heterocycles. The molecule has 0 spiro atoms. The van der Waals surface area contributed by atoms with Gasteiger partial charge in [0.2, 0.25) is 0 Å². The van der Waals surface area contributed by atoms with Crippen LogP contribution in [-0.4, -0.2) is 22.9 Å². The highest BCUT2D eigenvalue weighted by Crippen LogP contribution is 2.22. The maximum Gasteiger partial charge on any atom is 0.131 e. The first kappa shape index (κ1) is 8.97. The van der Waals surface area contributed by atoms with Crippen molar-refractivity contribution >= 4 is 5.82 Å². The monoisotopic (exact) mass is 189 g/mol. The van der Waals surface area contributed by atoms with Gasteiger partial charge in [0.05, 0.1) is 11.6 Å². The third-order valence-electron chi connectivity index (χ3n) is 2.39. The summed E-state index contributed by atoms with van der Waals surface area (Å²) in [5.74, 6) is 0.689. The number of nitrogens with zero attached hydrogens (tertiary/aromatic N) is 3. The molecule has 0 saturated carbocycles. The first-order valence-corrected chi connectivity index (χ1v) is 4.62. The Hall–Kier alpha value is -1.60. The largest absolute Gasteiger partial charge is 0.374 e. The maximum atomic E-state index is 9.61. The molecule has 1 aromatic heterocycles. The van der Waals surface area contributed by atoms with Crippen LogP contribution in [0.4, 0.5) is 5.82 Å². The van der Waals surface area contributed by atoms with Crippen molar-refractivity contribution in [1.29, 1.82) is 5.26 Å². The summed E-state index contributed by atoms with van der Waals surface area (Å²) in [5.41, 5.74) is 0.578. The third kappa shape index (κ3) is 1.54. The fraction of sp³-hybridized carbons (Fsp3) is 0.400. The second-order valence-corrected chi connectivity index (χ2v) is 3.33. The molecular weight excluding hydrogens is 178 g/mol. The van der Waals surface area contributed by atoms with Gasteiger partial charge in [0.1, 0.15) is 12.0 Å². The van der Waals surface area contributed by atoms with Crippen molar-refractivity contribution in [2.24, 2.45) is 0 Å². The Kier molecular flexibility index (Phi) is 2.33. The smallest absolute Gasteiger partial charge is 0.131 e. The molecule has 0 radical (unpaired) electrons. The van der Waals surface area contributed by atoms with Gasteiger partial charge < -0.3 is 10.0 Å². The van der Waals surface area contributed by atoms with E-state index in [1.165, 1.54) is 0 Å². The standard InChI is InChI=1S/C10H11N3O/c11-7-8-3-4-12-9(6-8)13-5-1-2-10(13)14/h3-4,6,10,14H,1-2,5H2. The van der Waals surface area contributed by atoms with Gasteiger partial charge in [-0.25, -0.2) is 4.98 Å². The predicted molar refractivity (Wildman–Crippen MR) is 51.5 cm³/mol. The van der Waals surface area contributed by atoms with Gasteiger partial charge in [-0.3, -0.25) is 0 Å². The lowest BCUT2D eigenvalue weighted by Gasteiger charge is -2.20. The second kappa shape index (κ2) is 3.64. The minimum Gasteiger partial charge on any atom is -0.374 e. The minimum atomic E-state index is -0.448. The van der Waals surface area contributed by atoms with Crippen molar-refractivity contribution in [1.82, 2.24) is 4.98 Å². The number of aliphatic hydroxyl groups excluding tert-OH is 1. The molecule has 1 aliphatic heterocycles. The van der Waals surface area contributed by atoms with Crippen LogP contribution in [0.2, 0.25) is 0 Å². The van der Waals surface area contributed by atoms with Crippen LogP contribution in [-0.2, 0) is 0 Å². The number of pyridine rings is 1. The molecule has 1 aliphatic rings. The summed E-state index contributed by atoms with van der Waals surface area (Å²) in [4.78, 5) is 5.95. The van der Waals surface area contributed by atoms with E-state index in [1.807, 2.05) is 4.90 Å². The van der Waals surface area contributed by atoms with E-state index in [-0.39, 0.29) is 0 Å². The summed E-state index contributed by atoms with van der Waals surface area (Å²) >= 11 is 0. The van der Waals surface area contributed by atoms with Crippen LogP contribution >= 0.6 is 0 Å². The minimum absolute atomic E-state index is 0.448. The molecule has 0 amide bonds.